The third-order valence-corrected chi connectivity index (χ3v) is 9.57. The Morgan fingerprint density at radius 2 is 1.51 bits per heavy atom. The van der Waals surface area contributed by atoms with Crippen LogP contribution in [0.15, 0.2) is 25.3 Å². The molecule has 2 fully saturated rings. The fraction of sp³-hybridized carbons (Fsp3) is 0.545. The predicted molar refractivity (Wildman–Crippen MR) is 160 cm³/mol. The van der Waals surface area contributed by atoms with Crippen LogP contribution in [-0.4, -0.2) is 88.7 Å². The summed E-state index contributed by atoms with van der Waals surface area (Å²) in [5.41, 5.74) is 12.8. The van der Waals surface area contributed by atoms with Crippen molar-refractivity contribution < 1.29 is 41.0 Å². The zero-order valence-electron chi connectivity index (χ0n) is 22.9. The Morgan fingerprint density at radius 3 is 2.11 bits per heavy atom. The van der Waals surface area contributed by atoms with Crippen LogP contribution in [0, 0.1) is 5.92 Å². The number of rotatable bonds is 12. The summed E-state index contributed by atoms with van der Waals surface area (Å²) in [5.74, 6) is -0.154. The van der Waals surface area contributed by atoms with Crippen molar-refractivity contribution in [2.45, 2.75) is 49.5 Å². The zero-order valence-corrected chi connectivity index (χ0v) is 26.5. The lowest BCUT2D eigenvalue weighted by Crippen LogP contribution is -2.33. The highest BCUT2D eigenvalue weighted by atomic mass is 32.7. The maximum Gasteiger partial charge on any atom is 0.386 e. The first-order chi connectivity index (χ1) is 21.6. The molecule has 2 aliphatic rings. The van der Waals surface area contributed by atoms with E-state index in [0.29, 0.717) is 23.3 Å². The average Bonchev–Trinajstić information content (AvgIpc) is 3.77. The number of aromatic nitrogens is 8. The number of nitrogens with zero attached hydrogens (tertiary/aromatic N) is 8. The van der Waals surface area contributed by atoms with Crippen molar-refractivity contribution in [3.63, 3.8) is 0 Å². The lowest BCUT2D eigenvalue weighted by atomic mass is 9.98. The monoisotopic (exact) mass is 706 g/mol. The summed E-state index contributed by atoms with van der Waals surface area (Å²) in [6, 6.07) is 0. The lowest BCUT2D eigenvalue weighted by molar-refractivity contribution is -0.0429. The molecule has 0 spiro atoms. The molecule has 4 N–H and O–H groups in total. The van der Waals surface area contributed by atoms with E-state index in [1.807, 2.05) is 0 Å². The van der Waals surface area contributed by atoms with E-state index < -0.39 is 77.7 Å². The van der Waals surface area contributed by atoms with E-state index >= 15 is 8.78 Å². The Kier molecular flexibility index (Phi) is 9.52. The molecule has 2 aliphatic heterocycles. The highest BCUT2D eigenvalue weighted by Gasteiger charge is 2.51. The van der Waals surface area contributed by atoms with Gasteiger partial charge in [-0.2, -0.15) is 12.6 Å². The van der Waals surface area contributed by atoms with Crippen LogP contribution >= 0.6 is 40.4 Å². The largest absolute Gasteiger partial charge is 0.386 e. The molecule has 17 nitrogen and oxygen atoms in total. The first-order valence-corrected chi connectivity index (χ1v) is 17.4. The lowest BCUT2D eigenvalue weighted by Gasteiger charge is -2.23. The molecule has 4 aromatic heterocycles. The van der Waals surface area contributed by atoms with Gasteiger partial charge in [0.25, 0.3) is 0 Å². The first-order valence-electron chi connectivity index (χ1n) is 13.3. The molecule has 2 saturated heterocycles. The Balaban J connectivity index is 1.17. The normalized spacial score (nSPS) is 30.0. The van der Waals surface area contributed by atoms with Gasteiger partial charge in [0.15, 0.2) is 35.3 Å². The van der Waals surface area contributed by atoms with Crippen LogP contribution in [0.25, 0.3) is 22.3 Å². The minimum absolute atomic E-state index is 0.0658. The molecule has 0 aromatic carbocycles. The highest BCUT2D eigenvalue weighted by molar-refractivity contribution is 8.44. The Labute approximate surface area is 265 Å². The van der Waals surface area contributed by atoms with Gasteiger partial charge in [-0.3, -0.25) is 22.7 Å². The Hall–Kier alpha value is -2.61. The minimum atomic E-state index is -4.40. The number of imidazole rings is 2. The number of nitrogen functional groups attached to an aromatic ring is 2. The second-order valence-electron chi connectivity index (χ2n) is 10.1. The van der Waals surface area contributed by atoms with Crippen molar-refractivity contribution in [2.75, 3.05) is 30.4 Å². The number of fused-ring (bicyclic) bond motifs is 2. The van der Waals surface area contributed by atoms with Gasteiger partial charge in [0.05, 0.1) is 25.9 Å². The van der Waals surface area contributed by atoms with Crippen LogP contribution in [0.2, 0.25) is 0 Å². The topological polar surface area (TPSA) is 220 Å². The summed E-state index contributed by atoms with van der Waals surface area (Å²) in [4.78, 5) is 24.4. The smallest absolute Gasteiger partial charge is 0.382 e. The molecule has 6 heterocycles. The van der Waals surface area contributed by atoms with Crippen molar-refractivity contribution >= 4 is 74.3 Å². The quantitative estimate of drug-likeness (QED) is 0.123. The van der Waals surface area contributed by atoms with E-state index in [2.05, 4.69) is 54.8 Å². The molecule has 6 rings (SSSR count). The number of anilines is 2. The van der Waals surface area contributed by atoms with E-state index in [0.717, 1.165) is 0 Å². The van der Waals surface area contributed by atoms with E-state index in [4.69, 9.17) is 34.5 Å². The molecule has 0 radical (unpaired) electrons. The molecular formula is C22H26F2N10O7P2S2. The summed E-state index contributed by atoms with van der Waals surface area (Å²) in [6.07, 6.45) is -4.50. The standard InChI is InChI=1S/C22H26F2N10O7P2S2/c23-12-9(1-2-44)21(33-7-31-14-17(25)27-5-29-19(14)33)39-10(12)4-38-43(36,45)41-16-11(3-37-42-35)40-22(13(16)24)34-8-32-15-18(26)28-6-30-20(15)34/h5-13,16,21-22,44H,1-4H2,(H,36,45)(H2,25,27,29)(H2,26,28,30)/t9-,10-,11-,12+,13-,16-,21-,22-,43?/m1/s1. The van der Waals surface area contributed by atoms with Crippen LogP contribution in [-0.2, 0) is 32.2 Å². The molecule has 0 aliphatic carbocycles. The zero-order chi connectivity index (χ0) is 31.9. The van der Waals surface area contributed by atoms with Gasteiger partial charge >= 0.3 is 15.5 Å². The number of hydrogen-bond donors (Lipinski definition) is 4. The van der Waals surface area contributed by atoms with Crippen molar-refractivity contribution in [2.24, 2.45) is 5.92 Å². The van der Waals surface area contributed by atoms with Gasteiger partial charge in [-0.25, -0.2) is 47.8 Å². The van der Waals surface area contributed by atoms with Crippen LogP contribution in [0.1, 0.15) is 18.9 Å². The molecule has 23 heteroatoms. The molecule has 45 heavy (non-hydrogen) atoms. The first kappa shape index (κ1) is 32.3. The van der Waals surface area contributed by atoms with Gasteiger partial charge in [0, 0.05) is 5.92 Å². The summed E-state index contributed by atoms with van der Waals surface area (Å²) in [7, 11) is -0.706. The van der Waals surface area contributed by atoms with Gasteiger partial charge in [-0.15, -0.1) is 0 Å². The molecule has 0 saturated carbocycles. The van der Waals surface area contributed by atoms with Crippen molar-refractivity contribution in [3.8, 4) is 0 Å². The van der Waals surface area contributed by atoms with E-state index in [-0.39, 0.29) is 22.8 Å². The number of hydrogen-bond acceptors (Lipinski definition) is 16. The second-order valence-corrected chi connectivity index (χ2v) is 13.8. The number of ether oxygens (including phenoxy) is 2. The predicted octanol–water partition coefficient (Wildman–Crippen LogP) is 2.90. The molecule has 0 amide bonds. The number of alkyl halides is 2. The average molecular weight is 707 g/mol. The van der Waals surface area contributed by atoms with E-state index in [9.17, 15) is 9.13 Å². The van der Waals surface area contributed by atoms with Crippen LogP contribution in [0.5, 0.6) is 0 Å². The van der Waals surface area contributed by atoms with Gasteiger partial charge in [-0.05, 0) is 12.2 Å². The van der Waals surface area contributed by atoms with Crippen molar-refractivity contribution in [1.82, 2.24) is 39.0 Å². The van der Waals surface area contributed by atoms with Crippen molar-refractivity contribution in [1.29, 1.82) is 0 Å². The molecular weight excluding hydrogens is 680 g/mol. The SMILES string of the molecule is Nc1ncnc2c1ncn2[C@@H]1O[C@H](COP=O)[C@@H](OP(=O)(S)OC[C@H]2O[C@@H](n3cnc4c(N)ncnc43)[C@H](CCS)[C@@H]2F)[C@H]1F. The summed E-state index contributed by atoms with van der Waals surface area (Å²) in [6.45, 7) is -5.38. The maximum atomic E-state index is 15.9. The van der Waals surface area contributed by atoms with Gasteiger partial charge in [0.1, 0.15) is 54.4 Å². The fourth-order valence-corrected chi connectivity index (χ4v) is 7.38. The summed E-state index contributed by atoms with van der Waals surface area (Å²) >= 11 is 8.27. The third-order valence-electron chi connectivity index (χ3n) is 7.44. The number of thiol groups is 2. The van der Waals surface area contributed by atoms with Gasteiger partial charge in [0.2, 0.25) is 0 Å². The summed E-state index contributed by atoms with van der Waals surface area (Å²) < 4.78 is 86.4. The second kappa shape index (κ2) is 13.2. The number of halogens is 2. The molecule has 242 valence electrons. The van der Waals surface area contributed by atoms with Gasteiger partial charge in [-0.1, -0.05) is 12.2 Å². The summed E-state index contributed by atoms with van der Waals surface area (Å²) in [5, 5.41) is 0. The highest BCUT2D eigenvalue weighted by Crippen LogP contribution is 2.57. The Morgan fingerprint density at radius 1 is 0.911 bits per heavy atom. The van der Waals surface area contributed by atoms with Crippen LogP contribution in [0.3, 0.4) is 0 Å². The Bertz CT molecular complexity index is 1740. The van der Waals surface area contributed by atoms with E-state index in [1.54, 1.807) is 0 Å². The van der Waals surface area contributed by atoms with Crippen molar-refractivity contribution in [3.05, 3.63) is 25.3 Å². The molecule has 0 bridgehead atoms. The van der Waals surface area contributed by atoms with Gasteiger partial charge < -0.3 is 20.9 Å². The minimum Gasteiger partial charge on any atom is -0.382 e. The molecule has 9 atom stereocenters. The molecule has 4 aromatic rings. The maximum absolute atomic E-state index is 15.9. The fourth-order valence-electron chi connectivity index (χ4n) is 5.39. The van der Waals surface area contributed by atoms with E-state index in [1.165, 1.54) is 34.4 Å². The van der Waals surface area contributed by atoms with Crippen LogP contribution in [0.4, 0.5) is 20.4 Å². The van der Waals surface area contributed by atoms with Crippen LogP contribution < -0.4 is 11.5 Å². The number of nitrogens with two attached hydrogens (primary N) is 2. The third kappa shape index (κ3) is 6.25. The molecule has 1 unspecified atom stereocenters.